The van der Waals surface area contributed by atoms with Crippen LogP contribution >= 0.6 is 0 Å². The Balaban J connectivity index is 1.03. The number of para-hydroxylation sites is 3. The second-order valence-electron chi connectivity index (χ2n) is 14.3. The topological polar surface area (TPSA) is 78.1 Å². The largest absolute Gasteiger partial charge is 0.456 e. The second kappa shape index (κ2) is 12.3. The van der Waals surface area contributed by atoms with Crippen molar-refractivity contribution in [1.82, 2.24) is 15.0 Å². The van der Waals surface area contributed by atoms with Gasteiger partial charge in [-0.2, -0.15) is 0 Å². The first-order chi connectivity index (χ1) is 28.2. The summed E-state index contributed by atoms with van der Waals surface area (Å²) in [5.74, 6) is 1.71. The highest BCUT2D eigenvalue weighted by molar-refractivity contribution is 6.16. The molecule has 0 radical (unpaired) electrons. The second-order valence-corrected chi connectivity index (χ2v) is 14.3. The lowest BCUT2D eigenvalue weighted by molar-refractivity contribution is 0.668. The fourth-order valence-electron chi connectivity index (χ4n) is 8.40. The van der Waals surface area contributed by atoms with Crippen molar-refractivity contribution in [1.29, 1.82) is 0 Å². The summed E-state index contributed by atoms with van der Waals surface area (Å²) in [6.07, 6.45) is 0. The zero-order valence-electron chi connectivity index (χ0n) is 30.3. The van der Waals surface area contributed by atoms with Gasteiger partial charge in [0, 0.05) is 54.6 Å². The molecule has 4 aromatic heterocycles. The van der Waals surface area contributed by atoms with E-state index in [1.807, 2.05) is 84.9 Å². The summed E-state index contributed by atoms with van der Waals surface area (Å²) in [6, 6.07) is 59.8. The highest BCUT2D eigenvalue weighted by Crippen LogP contribution is 2.44. The van der Waals surface area contributed by atoms with E-state index in [1.54, 1.807) is 0 Å². The third-order valence-electron chi connectivity index (χ3n) is 11.0. The molecule has 266 valence electrons. The molecule has 0 spiro atoms. The van der Waals surface area contributed by atoms with Gasteiger partial charge in [0.25, 0.3) is 0 Å². The Hall–Kier alpha value is -7.83. The standard InChI is InChI=1S/C51H29N3O3/c1-2-13-30(14-3-1)49-52-50(54-51(53-49)40-22-12-26-44-47(40)38-18-7-9-24-42(38)55-44)31-27-28-39-45(29-31)56-43-25-11-19-35(46(39)43)32-15-4-5-16-33(32)36-20-10-21-37-34-17-6-8-23-41(34)57-48(36)37/h1-29H. The van der Waals surface area contributed by atoms with Crippen LogP contribution in [-0.4, -0.2) is 15.0 Å². The van der Waals surface area contributed by atoms with Crippen molar-refractivity contribution in [2.45, 2.75) is 0 Å². The molecule has 0 aliphatic rings. The van der Waals surface area contributed by atoms with Gasteiger partial charge in [0.2, 0.25) is 0 Å². The van der Waals surface area contributed by atoms with E-state index in [-0.39, 0.29) is 0 Å². The summed E-state index contributed by atoms with van der Waals surface area (Å²) >= 11 is 0. The average molecular weight is 732 g/mol. The summed E-state index contributed by atoms with van der Waals surface area (Å²) in [5, 5.41) is 6.25. The van der Waals surface area contributed by atoms with E-state index in [4.69, 9.17) is 28.2 Å². The average Bonchev–Trinajstić information content (AvgIpc) is 3.97. The SMILES string of the molecule is c1ccc(-c2nc(-c3ccc4c(c3)oc3cccc(-c5ccccc5-c5cccc6c5oc5ccccc56)c34)nc(-c3cccc4oc5ccccc5c34)n2)cc1. The van der Waals surface area contributed by atoms with Crippen molar-refractivity contribution in [3.05, 3.63) is 176 Å². The molecule has 6 heteroatoms. The van der Waals surface area contributed by atoms with Gasteiger partial charge >= 0.3 is 0 Å². The van der Waals surface area contributed by atoms with Crippen molar-refractivity contribution in [3.63, 3.8) is 0 Å². The molecule has 0 amide bonds. The Kier molecular flexibility index (Phi) is 6.83. The van der Waals surface area contributed by atoms with E-state index in [0.29, 0.717) is 17.5 Å². The first kappa shape index (κ1) is 31.5. The number of fused-ring (bicyclic) bond motifs is 9. The number of hydrogen-bond acceptors (Lipinski definition) is 6. The molecule has 12 rings (SSSR count). The molecule has 0 unspecified atom stereocenters. The van der Waals surface area contributed by atoms with Crippen LogP contribution in [0.3, 0.4) is 0 Å². The number of rotatable bonds is 5. The quantitative estimate of drug-likeness (QED) is 0.175. The summed E-state index contributed by atoms with van der Waals surface area (Å²) in [4.78, 5) is 15.2. The Morgan fingerprint density at radius 1 is 0.281 bits per heavy atom. The van der Waals surface area contributed by atoms with Gasteiger partial charge < -0.3 is 13.3 Å². The molecule has 0 fully saturated rings. The van der Waals surface area contributed by atoms with E-state index in [1.165, 1.54) is 0 Å². The Bertz CT molecular complexity index is 3540. The van der Waals surface area contributed by atoms with Crippen LogP contribution < -0.4 is 0 Å². The van der Waals surface area contributed by atoms with Gasteiger partial charge in [-0.3, -0.25) is 0 Å². The number of benzene rings is 8. The van der Waals surface area contributed by atoms with E-state index in [0.717, 1.165) is 105 Å². The number of nitrogens with zero attached hydrogens (tertiary/aromatic N) is 3. The minimum Gasteiger partial charge on any atom is -0.456 e. The molecule has 0 N–H and O–H groups in total. The molecular weight excluding hydrogens is 703 g/mol. The monoisotopic (exact) mass is 731 g/mol. The minimum atomic E-state index is 0.551. The maximum absolute atomic E-state index is 6.66. The molecule has 8 aromatic carbocycles. The fraction of sp³-hybridized carbons (Fsp3) is 0. The van der Waals surface area contributed by atoms with Gasteiger partial charge in [-0.1, -0.05) is 140 Å². The van der Waals surface area contributed by atoms with Crippen molar-refractivity contribution >= 4 is 65.8 Å². The van der Waals surface area contributed by atoms with Crippen LogP contribution in [0, 0.1) is 0 Å². The highest BCUT2D eigenvalue weighted by Gasteiger charge is 2.21. The van der Waals surface area contributed by atoms with E-state index in [2.05, 4.69) is 91.0 Å². The normalized spacial score (nSPS) is 11.9. The van der Waals surface area contributed by atoms with Crippen LogP contribution in [0.1, 0.15) is 0 Å². The third kappa shape index (κ3) is 4.94. The van der Waals surface area contributed by atoms with Gasteiger partial charge in [0.15, 0.2) is 17.5 Å². The maximum atomic E-state index is 6.66. The first-order valence-electron chi connectivity index (χ1n) is 18.9. The van der Waals surface area contributed by atoms with Crippen molar-refractivity contribution in [2.24, 2.45) is 0 Å². The zero-order chi connectivity index (χ0) is 37.5. The van der Waals surface area contributed by atoms with E-state index < -0.39 is 0 Å². The maximum Gasteiger partial charge on any atom is 0.164 e. The smallest absolute Gasteiger partial charge is 0.164 e. The molecule has 4 heterocycles. The number of aromatic nitrogens is 3. The van der Waals surface area contributed by atoms with Crippen LogP contribution in [0.4, 0.5) is 0 Å². The molecule has 57 heavy (non-hydrogen) atoms. The Morgan fingerprint density at radius 2 is 0.789 bits per heavy atom. The Labute approximate surface area is 325 Å². The first-order valence-corrected chi connectivity index (χ1v) is 18.9. The lowest BCUT2D eigenvalue weighted by atomic mass is 9.91. The van der Waals surface area contributed by atoms with Gasteiger partial charge in [0.1, 0.15) is 33.5 Å². The molecule has 0 aliphatic carbocycles. The van der Waals surface area contributed by atoms with Crippen molar-refractivity contribution in [2.75, 3.05) is 0 Å². The van der Waals surface area contributed by atoms with Crippen LogP contribution in [-0.2, 0) is 0 Å². The highest BCUT2D eigenvalue weighted by atomic mass is 16.3. The zero-order valence-corrected chi connectivity index (χ0v) is 30.3. The molecule has 12 aromatic rings. The summed E-state index contributed by atoms with van der Waals surface area (Å²) < 4.78 is 19.4. The molecule has 0 aliphatic heterocycles. The summed E-state index contributed by atoms with van der Waals surface area (Å²) in [7, 11) is 0. The Morgan fingerprint density at radius 3 is 1.60 bits per heavy atom. The number of furan rings is 3. The van der Waals surface area contributed by atoms with Gasteiger partial charge in [-0.05, 0) is 53.1 Å². The van der Waals surface area contributed by atoms with Crippen LogP contribution in [0.5, 0.6) is 0 Å². The molecule has 0 atom stereocenters. The molecular formula is C51H29N3O3. The van der Waals surface area contributed by atoms with Crippen molar-refractivity contribution < 1.29 is 13.3 Å². The lowest BCUT2D eigenvalue weighted by Gasteiger charge is -2.12. The third-order valence-corrected chi connectivity index (χ3v) is 11.0. The fourth-order valence-corrected chi connectivity index (χ4v) is 8.40. The van der Waals surface area contributed by atoms with Crippen LogP contribution in [0.25, 0.3) is 122 Å². The van der Waals surface area contributed by atoms with E-state index >= 15 is 0 Å². The number of hydrogen-bond donors (Lipinski definition) is 0. The van der Waals surface area contributed by atoms with Crippen LogP contribution in [0.2, 0.25) is 0 Å². The van der Waals surface area contributed by atoms with E-state index in [9.17, 15) is 0 Å². The van der Waals surface area contributed by atoms with Crippen LogP contribution in [0.15, 0.2) is 189 Å². The lowest BCUT2D eigenvalue weighted by Crippen LogP contribution is -2.00. The molecule has 0 bridgehead atoms. The summed E-state index contributed by atoms with van der Waals surface area (Å²) in [6.45, 7) is 0. The molecule has 0 saturated carbocycles. The predicted molar refractivity (Wildman–Crippen MR) is 229 cm³/mol. The molecule has 6 nitrogen and oxygen atoms in total. The molecule has 0 saturated heterocycles. The van der Waals surface area contributed by atoms with Gasteiger partial charge in [-0.15, -0.1) is 0 Å². The van der Waals surface area contributed by atoms with Crippen molar-refractivity contribution in [3.8, 4) is 56.4 Å². The summed E-state index contributed by atoms with van der Waals surface area (Å²) in [5.41, 5.74) is 11.8. The minimum absolute atomic E-state index is 0.551. The predicted octanol–water partition coefficient (Wildman–Crippen LogP) is 13.9. The van der Waals surface area contributed by atoms with Gasteiger partial charge in [-0.25, -0.2) is 15.0 Å². The van der Waals surface area contributed by atoms with Gasteiger partial charge in [0.05, 0.1) is 0 Å².